The molecule has 60 valence electrons. The number of rotatable bonds is 1. The van der Waals surface area contributed by atoms with Crippen molar-refractivity contribution in [3.05, 3.63) is 0 Å². The molecular weight excluding hydrogens is 126 g/mol. The summed E-state index contributed by atoms with van der Waals surface area (Å²) in [6.45, 7) is 6.29. The van der Waals surface area contributed by atoms with Gasteiger partial charge in [0.15, 0.2) is 0 Å². The molecule has 10 heavy (non-hydrogen) atoms. The quantitative estimate of drug-likeness (QED) is 0.551. The summed E-state index contributed by atoms with van der Waals surface area (Å²) in [5.41, 5.74) is 0. The fraction of sp³-hybridized carbons (Fsp3) is 0.875. The monoisotopic (exact) mass is 143 g/mol. The van der Waals surface area contributed by atoms with E-state index in [-0.39, 0.29) is 1.43 Å². The van der Waals surface area contributed by atoms with Crippen molar-refractivity contribution in [2.45, 2.75) is 32.7 Å². The number of hydrogen-bond acceptors (Lipinski definition) is 2. The van der Waals surface area contributed by atoms with E-state index in [0.717, 1.165) is 25.9 Å². The average Bonchev–Trinajstić information content (AvgIpc) is 1.88. The molecule has 0 atom stereocenters. The summed E-state index contributed by atoms with van der Waals surface area (Å²) in [4.78, 5) is 13.2. The molecule has 0 N–H and O–H groups in total. The van der Waals surface area contributed by atoms with Crippen LogP contribution in [-0.2, 0) is 4.79 Å². The molecule has 2 heteroatoms. The number of hydrogen-bond donors (Lipinski definition) is 0. The third-order valence-electron chi connectivity index (χ3n) is 2.09. The van der Waals surface area contributed by atoms with Crippen molar-refractivity contribution >= 4 is 5.78 Å². The van der Waals surface area contributed by atoms with Crippen LogP contribution in [0.1, 0.15) is 28.1 Å². The molecule has 0 unspecified atom stereocenters. The molecule has 0 aliphatic carbocycles. The van der Waals surface area contributed by atoms with Crippen molar-refractivity contribution in [1.29, 1.82) is 0 Å². The standard InChI is InChI=1S/C8H15NO.H2/c1-7(2)9-5-3-8(10)4-6-9;/h7H,3-6H2,1-2H3;1H. The minimum atomic E-state index is 0. The van der Waals surface area contributed by atoms with E-state index in [2.05, 4.69) is 18.7 Å². The molecule has 0 aromatic rings. The van der Waals surface area contributed by atoms with Gasteiger partial charge in [-0.15, -0.1) is 0 Å². The smallest absolute Gasteiger partial charge is 0.135 e. The van der Waals surface area contributed by atoms with E-state index in [1.165, 1.54) is 0 Å². The Kier molecular flexibility index (Phi) is 2.44. The van der Waals surface area contributed by atoms with Crippen molar-refractivity contribution in [2.75, 3.05) is 13.1 Å². The Morgan fingerprint density at radius 2 is 1.90 bits per heavy atom. The van der Waals surface area contributed by atoms with Gasteiger partial charge < -0.3 is 4.90 Å². The lowest BCUT2D eigenvalue weighted by Gasteiger charge is -2.29. The number of carbonyl (C=O) groups is 1. The van der Waals surface area contributed by atoms with Gasteiger partial charge in [-0.25, -0.2) is 0 Å². The highest BCUT2D eigenvalue weighted by atomic mass is 16.1. The summed E-state index contributed by atoms with van der Waals surface area (Å²) in [5.74, 6) is 0.428. The normalized spacial score (nSPS) is 22.1. The molecule has 0 saturated carbocycles. The van der Waals surface area contributed by atoms with Crippen LogP contribution in [0, 0.1) is 0 Å². The second-order valence-corrected chi connectivity index (χ2v) is 3.17. The van der Waals surface area contributed by atoms with Gasteiger partial charge in [0.2, 0.25) is 0 Å². The zero-order chi connectivity index (χ0) is 7.56. The van der Waals surface area contributed by atoms with Crippen molar-refractivity contribution in [3.8, 4) is 0 Å². The van der Waals surface area contributed by atoms with Crippen LogP contribution >= 0.6 is 0 Å². The number of likely N-dealkylation sites (tertiary alicyclic amines) is 1. The molecule has 1 saturated heterocycles. The van der Waals surface area contributed by atoms with Gasteiger partial charge >= 0.3 is 0 Å². The van der Waals surface area contributed by atoms with Crippen LogP contribution in [0.4, 0.5) is 0 Å². The van der Waals surface area contributed by atoms with Crippen molar-refractivity contribution in [1.82, 2.24) is 4.90 Å². The lowest BCUT2D eigenvalue weighted by molar-refractivity contribution is -0.121. The summed E-state index contributed by atoms with van der Waals surface area (Å²) in [6, 6.07) is 0.605. The van der Waals surface area contributed by atoms with E-state index in [9.17, 15) is 4.79 Å². The Hall–Kier alpha value is -0.370. The van der Waals surface area contributed by atoms with E-state index in [0.29, 0.717) is 11.8 Å². The van der Waals surface area contributed by atoms with Crippen LogP contribution in [0.3, 0.4) is 0 Å². The van der Waals surface area contributed by atoms with Gasteiger partial charge in [-0.1, -0.05) is 0 Å². The summed E-state index contributed by atoms with van der Waals surface area (Å²) in [7, 11) is 0. The zero-order valence-corrected chi connectivity index (χ0v) is 6.76. The van der Waals surface area contributed by atoms with Crippen molar-refractivity contribution in [2.24, 2.45) is 0 Å². The molecule has 0 aromatic carbocycles. The molecule has 1 fully saturated rings. The second-order valence-electron chi connectivity index (χ2n) is 3.17. The Morgan fingerprint density at radius 3 is 2.30 bits per heavy atom. The van der Waals surface area contributed by atoms with E-state index in [1.54, 1.807) is 0 Å². The van der Waals surface area contributed by atoms with Crippen LogP contribution in [0.25, 0.3) is 0 Å². The molecular formula is C8H17NO. The first-order valence-corrected chi connectivity index (χ1v) is 3.96. The first-order chi connectivity index (χ1) is 4.70. The molecule has 1 rings (SSSR count). The van der Waals surface area contributed by atoms with Crippen LogP contribution in [0.5, 0.6) is 0 Å². The van der Waals surface area contributed by atoms with E-state index >= 15 is 0 Å². The maximum absolute atomic E-state index is 10.8. The molecule has 0 bridgehead atoms. The van der Waals surface area contributed by atoms with Gasteiger partial charge in [0.25, 0.3) is 0 Å². The van der Waals surface area contributed by atoms with Crippen LogP contribution < -0.4 is 0 Å². The predicted molar refractivity (Wildman–Crippen MR) is 43.1 cm³/mol. The summed E-state index contributed by atoms with van der Waals surface area (Å²) >= 11 is 0. The third-order valence-corrected chi connectivity index (χ3v) is 2.09. The highest BCUT2D eigenvalue weighted by Gasteiger charge is 2.17. The lowest BCUT2D eigenvalue weighted by atomic mass is 10.1. The van der Waals surface area contributed by atoms with Gasteiger partial charge in [-0.3, -0.25) is 4.79 Å². The van der Waals surface area contributed by atoms with Gasteiger partial charge in [-0.05, 0) is 13.8 Å². The van der Waals surface area contributed by atoms with Gasteiger partial charge in [0, 0.05) is 33.4 Å². The Labute approximate surface area is 63.7 Å². The number of piperidine rings is 1. The maximum atomic E-state index is 10.8. The minimum Gasteiger partial charge on any atom is -0.300 e. The van der Waals surface area contributed by atoms with Gasteiger partial charge in [-0.2, -0.15) is 0 Å². The molecule has 0 amide bonds. The number of ketones is 1. The fourth-order valence-corrected chi connectivity index (χ4v) is 1.29. The molecule has 1 aliphatic rings. The van der Waals surface area contributed by atoms with Crippen LogP contribution in [0.2, 0.25) is 0 Å². The molecule has 2 nitrogen and oxygen atoms in total. The lowest BCUT2D eigenvalue weighted by Crippen LogP contribution is -2.38. The van der Waals surface area contributed by atoms with E-state index in [4.69, 9.17) is 0 Å². The highest BCUT2D eigenvalue weighted by molar-refractivity contribution is 5.79. The second kappa shape index (κ2) is 3.15. The molecule has 1 aliphatic heterocycles. The van der Waals surface area contributed by atoms with Crippen LogP contribution in [0.15, 0.2) is 0 Å². The summed E-state index contributed by atoms with van der Waals surface area (Å²) in [6.07, 6.45) is 1.52. The van der Waals surface area contributed by atoms with Gasteiger partial charge in [0.1, 0.15) is 5.78 Å². The number of carbonyl (C=O) groups excluding carboxylic acids is 1. The van der Waals surface area contributed by atoms with E-state index in [1.807, 2.05) is 0 Å². The number of nitrogens with zero attached hydrogens (tertiary/aromatic N) is 1. The Bertz CT molecular complexity index is 126. The average molecular weight is 143 g/mol. The minimum absolute atomic E-state index is 0. The summed E-state index contributed by atoms with van der Waals surface area (Å²) < 4.78 is 0. The number of Topliss-reactive ketones (excluding diaryl/α,β-unsaturated/α-hetero) is 1. The molecule has 0 aromatic heterocycles. The largest absolute Gasteiger partial charge is 0.300 e. The fourth-order valence-electron chi connectivity index (χ4n) is 1.29. The first-order valence-electron chi connectivity index (χ1n) is 3.96. The SMILES string of the molecule is CC(C)N1CCC(=O)CC1.[HH]. The van der Waals surface area contributed by atoms with Crippen molar-refractivity contribution < 1.29 is 6.22 Å². The van der Waals surface area contributed by atoms with E-state index < -0.39 is 0 Å². The third kappa shape index (κ3) is 1.81. The Balaban J connectivity index is 0.000001000. The van der Waals surface area contributed by atoms with Gasteiger partial charge in [0.05, 0.1) is 0 Å². The maximum Gasteiger partial charge on any atom is 0.135 e. The summed E-state index contributed by atoms with van der Waals surface area (Å²) in [5, 5.41) is 0. The molecule has 1 heterocycles. The molecule has 0 spiro atoms. The first kappa shape index (κ1) is 7.73. The molecule has 0 radical (unpaired) electrons. The van der Waals surface area contributed by atoms with Crippen LogP contribution in [-0.4, -0.2) is 29.8 Å². The topological polar surface area (TPSA) is 20.3 Å². The predicted octanol–water partition coefficient (Wildman–Crippen LogP) is 1.31. The Morgan fingerprint density at radius 1 is 1.40 bits per heavy atom. The van der Waals surface area contributed by atoms with Crippen molar-refractivity contribution in [3.63, 3.8) is 0 Å². The zero-order valence-electron chi connectivity index (χ0n) is 6.76. The highest BCUT2D eigenvalue weighted by Crippen LogP contribution is 2.08.